The van der Waals surface area contributed by atoms with E-state index in [0.29, 0.717) is 16.9 Å². The molecule has 2 N–H and O–H groups in total. The van der Waals surface area contributed by atoms with E-state index in [1.807, 2.05) is 0 Å². The minimum absolute atomic E-state index is 0.0397. The van der Waals surface area contributed by atoms with Crippen LogP contribution in [0.1, 0.15) is 11.1 Å². The average Bonchev–Trinajstić information content (AvgIpc) is 2.63. The Morgan fingerprint density at radius 3 is 2.56 bits per heavy atom. The van der Waals surface area contributed by atoms with Crippen LogP contribution >= 0.6 is 0 Å². The van der Waals surface area contributed by atoms with Crippen molar-refractivity contribution in [3.05, 3.63) is 41.3 Å². The van der Waals surface area contributed by atoms with E-state index in [1.165, 1.54) is 25.3 Å². The summed E-state index contributed by atoms with van der Waals surface area (Å²) in [6.07, 6.45) is 1.51. The molecule has 7 heteroatoms. The van der Waals surface area contributed by atoms with Gasteiger partial charge in [0.25, 0.3) is 10.0 Å². The Labute approximate surface area is 104 Å². The lowest BCUT2D eigenvalue weighted by atomic mass is 10.2. The number of anilines is 1. The third-order valence-corrected chi connectivity index (χ3v) is 4.00. The molecule has 0 aliphatic heterocycles. The Bertz CT molecular complexity index is 679. The summed E-state index contributed by atoms with van der Waals surface area (Å²) in [5.41, 5.74) is 1.03. The first-order chi connectivity index (χ1) is 8.40. The minimum Gasteiger partial charge on any atom is -0.264 e. The zero-order valence-corrected chi connectivity index (χ0v) is 10.7. The number of nitrogens with zero attached hydrogens (tertiary/aromatic N) is 1. The van der Waals surface area contributed by atoms with Crippen molar-refractivity contribution >= 4 is 15.8 Å². The monoisotopic (exact) mass is 269 g/mol. The van der Waals surface area contributed by atoms with Crippen LogP contribution in [0.4, 0.5) is 10.2 Å². The van der Waals surface area contributed by atoms with Crippen molar-refractivity contribution in [2.24, 2.45) is 0 Å². The average molecular weight is 269 g/mol. The summed E-state index contributed by atoms with van der Waals surface area (Å²) in [5, 5.41) is 6.27. The molecular formula is C11H12FN3O2S. The number of halogens is 1. The molecule has 0 unspecified atom stereocenters. The first-order valence-electron chi connectivity index (χ1n) is 5.19. The quantitative estimate of drug-likeness (QED) is 0.894. The number of aromatic amines is 1. The molecule has 0 fully saturated rings. The van der Waals surface area contributed by atoms with Gasteiger partial charge in [0.2, 0.25) is 0 Å². The van der Waals surface area contributed by atoms with Gasteiger partial charge in [0.05, 0.1) is 11.1 Å². The minimum atomic E-state index is -3.74. The molecule has 1 aromatic carbocycles. The maximum absolute atomic E-state index is 12.9. The molecule has 0 amide bonds. The highest BCUT2D eigenvalue weighted by molar-refractivity contribution is 7.92. The third kappa shape index (κ3) is 2.35. The van der Waals surface area contributed by atoms with Gasteiger partial charge in [-0.1, -0.05) is 0 Å². The molecule has 0 bridgehead atoms. The number of nitrogens with one attached hydrogen (secondary N) is 2. The highest BCUT2D eigenvalue weighted by Crippen LogP contribution is 2.20. The van der Waals surface area contributed by atoms with Crippen LogP contribution in [0.15, 0.2) is 29.3 Å². The number of hydrogen-bond acceptors (Lipinski definition) is 3. The Balaban J connectivity index is 2.40. The molecule has 0 aliphatic rings. The summed E-state index contributed by atoms with van der Waals surface area (Å²) in [6.45, 7) is 3.26. The second kappa shape index (κ2) is 4.41. The van der Waals surface area contributed by atoms with E-state index < -0.39 is 15.8 Å². The van der Waals surface area contributed by atoms with Crippen molar-refractivity contribution in [3.8, 4) is 0 Å². The number of hydrogen-bond donors (Lipinski definition) is 2. The molecular weight excluding hydrogens is 257 g/mol. The van der Waals surface area contributed by atoms with E-state index in [0.717, 1.165) is 6.07 Å². The molecule has 0 saturated carbocycles. The third-order valence-electron chi connectivity index (χ3n) is 2.49. The maximum Gasteiger partial charge on any atom is 0.263 e. The first kappa shape index (κ1) is 12.6. The standard InChI is InChI=1S/C11H12FN3O2S/c1-7-5-9(12)3-4-10(7)18(16,17)15-11-8(2)6-13-14-11/h3-6H,1-2H3,(H2,13,14,15). The fraction of sp³-hybridized carbons (Fsp3) is 0.182. The second-order valence-corrected chi connectivity index (χ2v) is 5.59. The molecule has 0 radical (unpaired) electrons. The number of aryl methyl sites for hydroxylation is 2. The molecule has 0 aliphatic carbocycles. The number of benzene rings is 1. The Morgan fingerprint density at radius 2 is 2.00 bits per heavy atom. The number of rotatable bonds is 3. The van der Waals surface area contributed by atoms with Crippen molar-refractivity contribution in [2.45, 2.75) is 18.7 Å². The maximum atomic E-state index is 12.9. The topological polar surface area (TPSA) is 74.8 Å². The van der Waals surface area contributed by atoms with Gasteiger partial charge < -0.3 is 0 Å². The molecule has 18 heavy (non-hydrogen) atoms. The fourth-order valence-corrected chi connectivity index (χ4v) is 2.87. The lowest BCUT2D eigenvalue weighted by Gasteiger charge is -2.09. The van der Waals surface area contributed by atoms with E-state index in [4.69, 9.17) is 0 Å². The van der Waals surface area contributed by atoms with Crippen molar-refractivity contribution in [3.63, 3.8) is 0 Å². The van der Waals surface area contributed by atoms with Gasteiger partial charge in [0.15, 0.2) is 0 Å². The number of sulfonamides is 1. The van der Waals surface area contributed by atoms with Crippen LogP contribution in [0.25, 0.3) is 0 Å². The molecule has 2 aromatic rings. The van der Waals surface area contributed by atoms with Crippen LogP contribution in [-0.4, -0.2) is 18.6 Å². The van der Waals surface area contributed by atoms with Gasteiger partial charge in [-0.15, -0.1) is 0 Å². The summed E-state index contributed by atoms with van der Waals surface area (Å²) < 4.78 is 39.5. The van der Waals surface area contributed by atoms with Crippen molar-refractivity contribution in [2.75, 3.05) is 4.72 Å². The molecule has 2 rings (SSSR count). The Hall–Kier alpha value is -1.89. The van der Waals surface area contributed by atoms with Crippen LogP contribution in [0, 0.1) is 19.7 Å². The smallest absolute Gasteiger partial charge is 0.263 e. The van der Waals surface area contributed by atoms with Crippen LogP contribution in [0.2, 0.25) is 0 Å². The predicted molar refractivity (Wildman–Crippen MR) is 65.3 cm³/mol. The summed E-state index contributed by atoms with van der Waals surface area (Å²) in [7, 11) is -3.74. The van der Waals surface area contributed by atoms with Crippen LogP contribution < -0.4 is 4.72 Å². The second-order valence-electron chi connectivity index (χ2n) is 3.94. The Morgan fingerprint density at radius 1 is 1.28 bits per heavy atom. The van der Waals surface area contributed by atoms with Crippen LogP contribution in [0.5, 0.6) is 0 Å². The number of aromatic nitrogens is 2. The van der Waals surface area contributed by atoms with E-state index in [-0.39, 0.29) is 4.90 Å². The SMILES string of the molecule is Cc1cc(F)ccc1S(=O)(=O)Nc1[nH]ncc1C. The largest absolute Gasteiger partial charge is 0.264 e. The zero-order chi connectivity index (χ0) is 13.3. The normalized spacial score (nSPS) is 11.5. The number of H-pyrrole nitrogens is 1. The highest BCUT2D eigenvalue weighted by Gasteiger charge is 2.18. The van der Waals surface area contributed by atoms with E-state index in [9.17, 15) is 12.8 Å². The van der Waals surface area contributed by atoms with Crippen LogP contribution in [0.3, 0.4) is 0 Å². The lowest BCUT2D eigenvalue weighted by Crippen LogP contribution is -2.15. The van der Waals surface area contributed by atoms with E-state index in [2.05, 4.69) is 14.9 Å². The fourth-order valence-electron chi connectivity index (χ4n) is 1.55. The summed E-state index contributed by atoms with van der Waals surface area (Å²) in [6, 6.07) is 3.52. The van der Waals surface area contributed by atoms with Gasteiger partial charge in [-0.2, -0.15) is 5.10 Å². The Kier molecular flexibility index (Phi) is 3.08. The van der Waals surface area contributed by atoms with Gasteiger partial charge in [0.1, 0.15) is 11.6 Å². The highest BCUT2D eigenvalue weighted by atomic mass is 32.2. The molecule has 1 heterocycles. The van der Waals surface area contributed by atoms with Crippen molar-refractivity contribution in [1.82, 2.24) is 10.2 Å². The lowest BCUT2D eigenvalue weighted by molar-refractivity contribution is 0.598. The first-order valence-corrected chi connectivity index (χ1v) is 6.67. The molecule has 0 atom stereocenters. The van der Waals surface area contributed by atoms with Gasteiger partial charge in [0, 0.05) is 5.56 Å². The summed E-state index contributed by atoms with van der Waals surface area (Å²) >= 11 is 0. The van der Waals surface area contributed by atoms with Crippen molar-refractivity contribution in [1.29, 1.82) is 0 Å². The van der Waals surface area contributed by atoms with Gasteiger partial charge in [-0.25, -0.2) is 12.8 Å². The van der Waals surface area contributed by atoms with Crippen molar-refractivity contribution < 1.29 is 12.8 Å². The molecule has 0 saturated heterocycles. The molecule has 5 nitrogen and oxygen atoms in total. The van der Waals surface area contributed by atoms with Gasteiger partial charge in [-0.05, 0) is 37.6 Å². The van der Waals surface area contributed by atoms with Gasteiger partial charge >= 0.3 is 0 Å². The van der Waals surface area contributed by atoms with Gasteiger partial charge in [-0.3, -0.25) is 9.82 Å². The molecule has 1 aromatic heterocycles. The molecule has 96 valence electrons. The van der Waals surface area contributed by atoms with E-state index in [1.54, 1.807) is 6.92 Å². The molecule has 0 spiro atoms. The summed E-state index contributed by atoms with van der Waals surface area (Å²) in [4.78, 5) is 0.0397. The zero-order valence-electron chi connectivity index (χ0n) is 9.86. The van der Waals surface area contributed by atoms with E-state index >= 15 is 0 Å². The van der Waals surface area contributed by atoms with Crippen LogP contribution in [-0.2, 0) is 10.0 Å². The summed E-state index contributed by atoms with van der Waals surface area (Å²) in [5.74, 6) is -0.164. The predicted octanol–water partition coefficient (Wildman–Crippen LogP) is 1.97.